The van der Waals surface area contributed by atoms with Gasteiger partial charge in [-0.1, -0.05) is 17.7 Å². The molecule has 1 heterocycles. The number of nitrogens with zero attached hydrogens (tertiary/aromatic N) is 3. The summed E-state index contributed by atoms with van der Waals surface area (Å²) in [6.45, 7) is 12.4. The molecule has 9 heteroatoms. The maximum absolute atomic E-state index is 12.0. The molecule has 1 aromatic carbocycles. The molecule has 0 aromatic heterocycles. The highest BCUT2D eigenvalue weighted by Crippen LogP contribution is 2.13. The number of halogens is 1. The van der Waals surface area contributed by atoms with Crippen LogP contribution in [0.2, 0.25) is 0 Å². The Morgan fingerprint density at radius 2 is 1.84 bits per heavy atom. The van der Waals surface area contributed by atoms with Gasteiger partial charge in [-0.15, -0.1) is 24.0 Å². The van der Waals surface area contributed by atoms with Crippen molar-refractivity contribution >= 4 is 35.8 Å². The fourth-order valence-electron chi connectivity index (χ4n) is 3.20. The predicted octanol–water partition coefficient (Wildman–Crippen LogP) is 1.73. The topological polar surface area (TPSA) is 78.4 Å². The van der Waals surface area contributed by atoms with Gasteiger partial charge in [-0.2, -0.15) is 0 Å². The van der Waals surface area contributed by atoms with Gasteiger partial charge in [-0.05, 0) is 32.9 Å². The van der Waals surface area contributed by atoms with E-state index >= 15 is 0 Å². The van der Waals surface area contributed by atoms with Crippen LogP contribution < -0.4 is 15.4 Å². The van der Waals surface area contributed by atoms with Crippen molar-refractivity contribution in [2.45, 2.75) is 26.9 Å². The summed E-state index contributed by atoms with van der Waals surface area (Å²) in [7, 11) is 1.63. The first kappa shape index (κ1) is 27.4. The van der Waals surface area contributed by atoms with E-state index in [1.807, 2.05) is 31.2 Å². The van der Waals surface area contributed by atoms with Crippen LogP contribution in [0.5, 0.6) is 5.75 Å². The summed E-state index contributed by atoms with van der Waals surface area (Å²) in [6, 6.07) is 8.08. The molecule has 176 valence electrons. The lowest BCUT2D eigenvalue weighted by Gasteiger charge is -2.36. The molecule has 1 aliphatic heterocycles. The quantitative estimate of drug-likeness (QED) is 0.201. The number of piperazine rings is 1. The molecule has 0 bridgehead atoms. The monoisotopic (exact) mass is 547 g/mol. The molecule has 0 saturated carbocycles. The summed E-state index contributed by atoms with van der Waals surface area (Å²) in [5, 5.41) is 6.25. The molecule has 1 aliphatic rings. The van der Waals surface area contributed by atoms with E-state index in [9.17, 15) is 4.79 Å². The highest BCUT2D eigenvalue weighted by atomic mass is 127. The Hall–Kier alpha value is -1.59. The number of hydrogen-bond acceptors (Lipinski definition) is 5. The standard InChI is InChI=1S/C22H37N5O3.HI/c1-5-23-22(25-16-19(3)30-20-8-6-18(2)7-9-20)27-13-11-26(12-14-27)17-21(28)24-10-15-29-4;/h6-9,19H,5,10-17H2,1-4H3,(H,23,25)(H,24,28);1H. The van der Waals surface area contributed by atoms with Crippen LogP contribution in [0.25, 0.3) is 0 Å². The number of aryl methyl sites for hydroxylation is 1. The van der Waals surface area contributed by atoms with Gasteiger partial charge < -0.3 is 25.0 Å². The lowest BCUT2D eigenvalue weighted by molar-refractivity contribution is -0.122. The number of nitrogens with one attached hydrogen (secondary N) is 2. The summed E-state index contributed by atoms with van der Waals surface area (Å²) < 4.78 is 10.9. The highest BCUT2D eigenvalue weighted by molar-refractivity contribution is 14.0. The van der Waals surface area contributed by atoms with E-state index in [4.69, 9.17) is 14.5 Å². The van der Waals surface area contributed by atoms with Crippen LogP contribution >= 0.6 is 24.0 Å². The normalized spacial score (nSPS) is 15.7. The molecule has 0 spiro atoms. The van der Waals surface area contributed by atoms with Crippen molar-refractivity contribution in [2.24, 2.45) is 4.99 Å². The van der Waals surface area contributed by atoms with Gasteiger partial charge in [0, 0.05) is 46.4 Å². The Labute approximate surface area is 203 Å². The van der Waals surface area contributed by atoms with E-state index in [0.717, 1.165) is 44.4 Å². The maximum atomic E-state index is 12.0. The Bertz CT molecular complexity index is 664. The van der Waals surface area contributed by atoms with Gasteiger partial charge >= 0.3 is 0 Å². The second kappa shape index (κ2) is 15.3. The molecule has 1 unspecified atom stereocenters. The molecule has 2 rings (SSSR count). The molecule has 1 atom stereocenters. The molecule has 1 amide bonds. The van der Waals surface area contributed by atoms with Crippen molar-refractivity contribution < 1.29 is 14.3 Å². The van der Waals surface area contributed by atoms with Crippen molar-refractivity contribution in [3.63, 3.8) is 0 Å². The molecule has 1 fully saturated rings. The van der Waals surface area contributed by atoms with Gasteiger partial charge in [0.25, 0.3) is 0 Å². The molecule has 0 aliphatic carbocycles. The number of rotatable bonds is 10. The lowest BCUT2D eigenvalue weighted by Crippen LogP contribution is -2.54. The van der Waals surface area contributed by atoms with Crippen molar-refractivity contribution in [3.05, 3.63) is 29.8 Å². The van der Waals surface area contributed by atoms with E-state index in [1.54, 1.807) is 7.11 Å². The van der Waals surface area contributed by atoms with Gasteiger partial charge in [0.2, 0.25) is 5.91 Å². The third kappa shape index (κ3) is 10.5. The summed E-state index contributed by atoms with van der Waals surface area (Å²) in [5.74, 6) is 1.81. The molecule has 2 N–H and O–H groups in total. The number of methoxy groups -OCH3 is 1. The van der Waals surface area contributed by atoms with E-state index < -0.39 is 0 Å². The van der Waals surface area contributed by atoms with Crippen molar-refractivity contribution in [2.75, 3.05) is 66.1 Å². The number of hydrogen-bond donors (Lipinski definition) is 2. The van der Waals surface area contributed by atoms with Crippen molar-refractivity contribution in [1.29, 1.82) is 0 Å². The van der Waals surface area contributed by atoms with E-state index in [2.05, 4.69) is 34.3 Å². The second-order valence-electron chi connectivity index (χ2n) is 7.54. The van der Waals surface area contributed by atoms with Crippen LogP contribution in [0.3, 0.4) is 0 Å². The first-order valence-electron chi connectivity index (χ1n) is 10.8. The van der Waals surface area contributed by atoms with Gasteiger partial charge in [0.1, 0.15) is 11.9 Å². The third-order valence-electron chi connectivity index (χ3n) is 4.86. The average molecular weight is 547 g/mol. The minimum absolute atomic E-state index is 0. The maximum Gasteiger partial charge on any atom is 0.234 e. The minimum atomic E-state index is -0.0153. The first-order chi connectivity index (χ1) is 14.5. The zero-order valence-corrected chi connectivity index (χ0v) is 21.6. The fraction of sp³-hybridized carbons (Fsp3) is 0.636. The van der Waals surface area contributed by atoms with Crippen LogP contribution in [0.1, 0.15) is 19.4 Å². The van der Waals surface area contributed by atoms with Crippen LogP contribution in [-0.4, -0.2) is 93.8 Å². The number of carbonyl (C=O) groups excluding carboxylic acids is 1. The largest absolute Gasteiger partial charge is 0.489 e. The Morgan fingerprint density at radius 3 is 2.45 bits per heavy atom. The summed E-state index contributed by atoms with van der Waals surface area (Å²) >= 11 is 0. The second-order valence-corrected chi connectivity index (χ2v) is 7.54. The van der Waals surface area contributed by atoms with E-state index in [1.165, 1.54) is 5.56 Å². The van der Waals surface area contributed by atoms with Gasteiger partial charge in [-0.3, -0.25) is 9.69 Å². The zero-order valence-electron chi connectivity index (χ0n) is 19.2. The number of amides is 1. The smallest absolute Gasteiger partial charge is 0.234 e. The summed E-state index contributed by atoms with van der Waals surface area (Å²) in [5.41, 5.74) is 1.22. The number of ether oxygens (including phenoxy) is 2. The van der Waals surface area contributed by atoms with Crippen LogP contribution in [0, 0.1) is 6.92 Å². The Morgan fingerprint density at radius 1 is 1.16 bits per heavy atom. The molecule has 31 heavy (non-hydrogen) atoms. The van der Waals surface area contributed by atoms with Crippen LogP contribution in [-0.2, 0) is 9.53 Å². The number of carbonyl (C=O) groups is 1. The van der Waals surface area contributed by atoms with Gasteiger partial charge in [0.05, 0.1) is 19.7 Å². The Balaban J connectivity index is 0.00000480. The number of aliphatic imine (C=N–C) groups is 1. The number of guanidine groups is 1. The first-order valence-corrected chi connectivity index (χ1v) is 10.8. The third-order valence-corrected chi connectivity index (χ3v) is 4.86. The van der Waals surface area contributed by atoms with E-state index in [0.29, 0.717) is 26.2 Å². The van der Waals surface area contributed by atoms with Crippen molar-refractivity contribution in [3.8, 4) is 5.75 Å². The highest BCUT2D eigenvalue weighted by Gasteiger charge is 2.21. The summed E-state index contributed by atoms with van der Waals surface area (Å²) in [6.07, 6.45) is -0.0153. The van der Waals surface area contributed by atoms with Gasteiger partial charge in [0.15, 0.2) is 5.96 Å². The van der Waals surface area contributed by atoms with Crippen LogP contribution in [0.4, 0.5) is 0 Å². The lowest BCUT2D eigenvalue weighted by atomic mass is 10.2. The zero-order chi connectivity index (χ0) is 21.8. The molecule has 0 radical (unpaired) electrons. The summed E-state index contributed by atoms with van der Waals surface area (Å²) in [4.78, 5) is 21.2. The molecule has 1 aromatic rings. The molecular weight excluding hydrogens is 509 g/mol. The molecule has 8 nitrogen and oxygen atoms in total. The number of benzene rings is 1. The molecular formula is C22H38IN5O3. The SMILES string of the molecule is CCNC(=NCC(C)Oc1ccc(C)cc1)N1CCN(CC(=O)NCCOC)CC1.I. The fourth-order valence-corrected chi connectivity index (χ4v) is 3.20. The van der Waals surface area contributed by atoms with Crippen molar-refractivity contribution in [1.82, 2.24) is 20.4 Å². The Kier molecular flexibility index (Phi) is 13.5. The van der Waals surface area contributed by atoms with E-state index in [-0.39, 0.29) is 36.0 Å². The molecule has 1 saturated heterocycles. The van der Waals surface area contributed by atoms with Crippen LogP contribution in [0.15, 0.2) is 29.3 Å². The average Bonchev–Trinajstić information content (AvgIpc) is 2.73. The minimum Gasteiger partial charge on any atom is -0.489 e. The predicted molar refractivity (Wildman–Crippen MR) is 136 cm³/mol. The van der Waals surface area contributed by atoms with Gasteiger partial charge in [-0.25, -0.2) is 4.99 Å².